The lowest BCUT2D eigenvalue weighted by Gasteiger charge is -2.19. The average Bonchev–Trinajstić information content (AvgIpc) is 3.02. The van der Waals surface area contributed by atoms with Crippen LogP contribution < -0.4 is 5.32 Å². The molecule has 5 heteroatoms. The van der Waals surface area contributed by atoms with E-state index in [1.807, 2.05) is 32.2 Å². The van der Waals surface area contributed by atoms with E-state index in [-0.39, 0.29) is 0 Å². The molecule has 0 aromatic heterocycles. The van der Waals surface area contributed by atoms with E-state index < -0.39 is 10.0 Å². The molecule has 21 heavy (non-hydrogen) atoms. The maximum atomic E-state index is 12.9. The summed E-state index contributed by atoms with van der Waals surface area (Å²) in [6.07, 6.45) is 3.64. The van der Waals surface area contributed by atoms with Crippen LogP contribution in [0.4, 0.5) is 0 Å². The summed E-state index contributed by atoms with van der Waals surface area (Å²) >= 11 is 0. The fraction of sp³-hybridized carbons (Fsp3) is 0.625. The van der Waals surface area contributed by atoms with Crippen LogP contribution >= 0.6 is 0 Å². The Bertz CT molecular complexity index is 615. The van der Waals surface area contributed by atoms with Gasteiger partial charge in [0.1, 0.15) is 0 Å². The van der Waals surface area contributed by atoms with Crippen LogP contribution in [0.2, 0.25) is 0 Å². The summed E-state index contributed by atoms with van der Waals surface area (Å²) in [5.41, 5.74) is 1.85. The second kappa shape index (κ2) is 5.71. The highest BCUT2D eigenvalue weighted by Crippen LogP contribution is 2.40. The highest BCUT2D eigenvalue weighted by atomic mass is 32.2. The number of hydrogen-bond donors (Lipinski definition) is 1. The highest BCUT2D eigenvalue weighted by Gasteiger charge is 2.41. The van der Waals surface area contributed by atoms with Crippen LogP contribution in [-0.2, 0) is 16.6 Å². The molecule has 0 bridgehead atoms. The van der Waals surface area contributed by atoms with E-state index in [0.29, 0.717) is 36.4 Å². The number of nitrogens with one attached hydrogen (secondary N) is 1. The smallest absolute Gasteiger partial charge is 0.243 e. The van der Waals surface area contributed by atoms with Crippen molar-refractivity contribution < 1.29 is 8.42 Å². The molecule has 1 saturated carbocycles. The molecule has 2 fully saturated rings. The summed E-state index contributed by atoms with van der Waals surface area (Å²) < 4.78 is 27.6. The fourth-order valence-electron chi connectivity index (χ4n) is 3.76. The van der Waals surface area contributed by atoms with Crippen molar-refractivity contribution in [3.05, 3.63) is 29.3 Å². The number of nitrogens with zero attached hydrogens (tertiary/aromatic N) is 1. The van der Waals surface area contributed by atoms with Gasteiger partial charge in [0.05, 0.1) is 4.90 Å². The normalized spacial score (nSPS) is 26.2. The largest absolute Gasteiger partial charge is 0.316 e. The zero-order chi connectivity index (χ0) is 15.0. The quantitative estimate of drug-likeness (QED) is 0.927. The molecule has 1 saturated heterocycles. The predicted octanol–water partition coefficient (Wildman–Crippen LogP) is 2.14. The third-order valence-electron chi connectivity index (χ3n) is 4.94. The molecule has 0 radical (unpaired) electrons. The minimum Gasteiger partial charge on any atom is -0.316 e. The monoisotopic (exact) mass is 308 g/mol. The maximum Gasteiger partial charge on any atom is 0.243 e. The van der Waals surface area contributed by atoms with Crippen molar-refractivity contribution in [1.82, 2.24) is 9.62 Å². The molecule has 2 atom stereocenters. The molecule has 1 N–H and O–H groups in total. The van der Waals surface area contributed by atoms with Gasteiger partial charge in [-0.05, 0) is 55.8 Å². The van der Waals surface area contributed by atoms with Gasteiger partial charge in [-0.1, -0.05) is 18.6 Å². The summed E-state index contributed by atoms with van der Waals surface area (Å²) in [4.78, 5) is 0.482. The van der Waals surface area contributed by atoms with Crippen molar-refractivity contribution in [2.45, 2.75) is 37.6 Å². The highest BCUT2D eigenvalue weighted by molar-refractivity contribution is 7.89. The van der Waals surface area contributed by atoms with Gasteiger partial charge in [-0.25, -0.2) is 8.42 Å². The van der Waals surface area contributed by atoms with E-state index in [9.17, 15) is 8.42 Å². The number of sulfonamides is 1. The van der Waals surface area contributed by atoms with Crippen molar-refractivity contribution in [3.8, 4) is 0 Å². The molecule has 1 aromatic rings. The van der Waals surface area contributed by atoms with Crippen LogP contribution in [0.3, 0.4) is 0 Å². The molecule has 1 aromatic carbocycles. The molecule has 1 aliphatic carbocycles. The number of fused-ring (bicyclic) bond motifs is 1. The molecule has 3 rings (SSSR count). The first kappa shape index (κ1) is 15.0. The zero-order valence-electron chi connectivity index (χ0n) is 12.8. The predicted molar refractivity (Wildman–Crippen MR) is 83.5 cm³/mol. The van der Waals surface area contributed by atoms with Crippen LogP contribution in [0, 0.1) is 18.8 Å². The van der Waals surface area contributed by atoms with Gasteiger partial charge >= 0.3 is 0 Å². The van der Waals surface area contributed by atoms with Gasteiger partial charge in [-0.2, -0.15) is 4.31 Å². The second-order valence-corrected chi connectivity index (χ2v) is 8.31. The topological polar surface area (TPSA) is 49.4 Å². The Hall–Kier alpha value is -0.910. The Morgan fingerprint density at radius 2 is 1.90 bits per heavy atom. The third-order valence-corrected chi connectivity index (χ3v) is 6.92. The molecule has 0 spiro atoms. The van der Waals surface area contributed by atoms with Crippen molar-refractivity contribution in [3.63, 3.8) is 0 Å². The maximum absolute atomic E-state index is 12.9. The lowest BCUT2D eigenvalue weighted by atomic mass is 10.0. The fourth-order valence-corrected chi connectivity index (χ4v) is 5.59. The van der Waals surface area contributed by atoms with Gasteiger partial charge in [0.2, 0.25) is 10.0 Å². The van der Waals surface area contributed by atoms with Gasteiger partial charge in [-0.15, -0.1) is 0 Å². The minimum absolute atomic E-state index is 0.482. The van der Waals surface area contributed by atoms with E-state index in [0.717, 1.165) is 11.1 Å². The Balaban J connectivity index is 1.89. The minimum atomic E-state index is -3.35. The summed E-state index contributed by atoms with van der Waals surface area (Å²) in [5.74, 6) is 1.17. The summed E-state index contributed by atoms with van der Waals surface area (Å²) in [6.45, 7) is 3.99. The molecule has 4 nitrogen and oxygen atoms in total. The zero-order valence-corrected chi connectivity index (χ0v) is 13.6. The first-order valence-corrected chi connectivity index (χ1v) is 9.20. The third kappa shape index (κ3) is 2.74. The number of aryl methyl sites for hydroxylation is 1. The standard InChI is InChI=1S/C16H24N2O2S/c1-12-6-7-13(9-17-2)8-16(12)21(19,20)18-10-14-4-3-5-15(14)11-18/h6-8,14-15,17H,3-5,9-11H2,1-2H3. The van der Waals surface area contributed by atoms with E-state index >= 15 is 0 Å². The molecular formula is C16H24N2O2S. The van der Waals surface area contributed by atoms with E-state index in [1.165, 1.54) is 19.3 Å². The van der Waals surface area contributed by atoms with E-state index in [2.05, 4.69) is 5.32 Å². The van der Waals surface area contributed by atoms with Crippen molar-refractivity contribution in [2.24, 2.45) is 11.8 Å². The van der Waals surface area contributed by atoms with Crippen molar-refractivity contribution in [1.29, 1.82) is 0 Å². The molecule has 2 aliphatic rings. The average molecular weight is 308 g/mol. The van der Waals surface area contributed by atoms with Gasteiger partial charge in [0.25, 0.3) is 0 Å². The van der Waals surface area contributed by atoms with Crippen molar-refractivity contribution in [2.75, 3.05) is 20.1 Å². The van der Waals surface area contributed by atoms with Crippen LogP contribution in [0.5, 0.6) is 0 Å². The Morgan fingerprint density at radius 1 is 1.24 bits per heavy atom. The summed E-state index contributed by atoms with van der Waals surface area (Å²) in [6, 6.07) is 5.73. The van der Waals surface area contributed by atoms with Gasteiger partial charge in [0, 0.05) is 19.6 Å². The first-order valence-electron chi connectivity index (χ1n) is 7.76. The van der Waals surface area contributed by atoms with Crippen LogP contribution in [0.15, 0.2) is 23.1 Å². The second-order valence-electron chi connectivity index (χ2n) is 6.40. The number of benzene rings is 1. The van der Waals surface area contributed by atoms with Crippen molar-refractivity contribution >= 4 is 10.0 Å². The lowest BCUT2D eigenvalue weighted by Crippen LogP contribution is -2.30. The van der Waals surface area contributed by atoms with Gasteiger partial charge in [0.15, 0.2) is 0 Å². The number of rotatable bonds is 4. The molecule has 1 heterocycles. The molecule has 1 aliphatic heterocycles. The molecule has 0 amide bonds. The summed E-state index contributed by atoms with van der Waals surface area (Å²) in [7, 11) is -1.48. The Kier molecular flexibility index (Phi) is 4.08. The van der Waals surface area contributed by atoms with Gasteiger partial charge < -0.3 is 5.32 Å². The van der Waals surface area contributed by atoms with E-state index in [4.69, 9.17) is 0 Å². The molecule has 2 unspecified atom stereocenters. The van der Waals surface area contributed by atoms with Gasteiger partial charge in [-0.3, -0.25) is 0 Å². The number of hydrogen-bond acceptors (Lipinski definition) is 3. The molecule has 116 valence electrons. The van der Waals surface area contributed by atoms with E-state index in [1.54, 1.807) is 4.31 Å². The Morgan fingerprint density at radius 3 is 2.52 bits per heavy atom. The Labute approximate surface area is 127 Å². The van der Waals surface area contributed by atoms with Crippen LogP contribution in [-0.4, -0.2) is 32.9 Å². The lowest BCUT2D eigenvalue weighted by molar-refractivity contribution is 0.445. The van der Waals surface area contributed by atoms with Crippen LogP contribution in [0.1, 0.15) is 30.4 Å². The molecular weight excluding hydrogens is 284 g/mol. The SMILES string of the molecule is CNCc1ccc(C)c(S(=O)(=O)N2CC3CCCC3C2)c1. The summed E-state index contributed by atoms with van der Waals surface area (Å²) in [5, 5.41) is 3.08. The first-order chi connectivity index (χ1) is 10.0. The van der Waals surface area contributed by atoms with Crippen LogP contribution in [0.25, 0.3) is 0 Å².